The van der Waals surface area contributed by atoms with Crippen LogP contribution < -0.4 is 4.74 Å². The smallest absolute Gasteiger partial charge is 0.122 e. The molecule has 0 aliphatic carbocycles. The maximum atomic E-state index is 10.1. The van der Waals surface area contributed by atoms with Gasteiger partial charge in [-0.15, -0.1) is 0 Å². The Morgan fingerprint density at radius 2 is 1.84 bits per heavy atom. The van der Waals surface area contributed by atoms with Gasteiger partial charge in [0.2, 0.25) is 0 Å². The van der Waals surface area contributed by atoms with Crippen molar-refractivity contribution in [1.82, 2.24) is 0 Å². The van der Waals surface area contributed by atoms with Gasteiger partial charge in [-0.2, -0.15) is 0 Å². The number of ether oxygens (including phenoxy) is 2. The van der Waals surface area contributed by atoms with Crippen LogP contribution in [0.15, 0.2) is 24.3 Å². The third-order valence-electron chi connectivity index (χ3n) is 3.20. The minimum atomic E-state index is -0.306. The van der Waals surface area contributed by atoms with Crippen LogP contribution in [-0.4, -0.2) is 31.5 Å². The van der Waals surface area contributed by atoms with Crippen molar-refractivity contribution in [2.75, 3.05) is 20.3 Å². The summed E-state index contributed by atoms with van der Waals surface area (Å²) in [6.07, 6.45) is 1.26. The first kappa shape index (κ1) is 16.0. The molecule has 0 aliphatic rings. The molecule has 0 heterocycles. The van der Waals surface area contributed by atoms with Gasteiger partial charge >= 0.3 is 0 Å². The summed E-state index contributed by atoms with van der Waals surface area (Å²) < 4.78 is 10.7. The summed E-state index contributed by atoms with van der Waals surface area (Å²) in [7, 11) is 1.66. The fraction of sp³-hybridized carbons (Fsp3) is 0.625. The van der Waals surface area contributed by atoms with Gasteiger partial charge in [0.1, 0.15) is 12.4 Å². The van der Waals surface area contributed by atoms with Crippen LogP contribution in [0, 0.1) is 5.41 Å². The summed E-state index contributed by atoms with van der Waals surface area (Å²) in [6, 6.07) is 7.99. The average molecular weight is 266 g/mol. The van der Waals surface area contributed by atoms with E-state index in [9.17, 15) is 5.11 Å². The number of benzene rings is 1. The molecule has 1 aromatic rings. The zero-order valence-electron chi connectivity index (χ0n) is 12.5. The van der Waals surface area contributed by atoms with Crippen LogP contribution in [-0.2, 0) is 11.2 Å². The highest BCUT2D eigenvalue weighted by Gasteiger charge is 2.21. The van der Waals surface area contributed by atoms with Crippen molar-refractivity contribution in [2.24, 2.45) is 5.41 Å². The molecule has 108 valence electrons. The molecule has 0 saturated carbocycles. The molecule has 0 fully saturated rings. The molecule has 3 heteroatoms. The molecular weight excluding hydrogens is 240 g/mol. The fourth-order valence-corrected chi connectivity index (χ4v) is 1.81. The van der Waals surface area contributed by atoms with Crippen molar-refractivity contribution in [3.8, 4) is 5.75 Å². The second-order valence-electron chi connectivity index (χ2n) is 5.87. The second kappa shape index (κ2) is 7.51. The van der Waals surface area contributed by atoms with E-state index in [1.165, 1.54) is 0 Å². The van der Waals surface area contributed by atoms with E-state index in [1.807, 2.05) is 18.2 Å². The molecule has 1 N–H and O–H groups in total. The molecule has 3 nitrogen and oxygen atoms in total. The first-order valence-electron chi connectivity index (χ1n) is 6.83. The first-order valence-corrected chi connectivity index (χ1v) is 6.83. The van der Waals surface area contributed by atoms with Gasteiger partial charge in [-0.1, -0.05) is 39.0 Å². The molecule has 19 heavy (non-hydrogen) atoms. The first-order chi connectivity index (χ1) is 8.95. The number of aryl methyl sites for hydroxylation is 1. The van der Waals surface area contributed by atoms with Gasteiger partial charge in [0, 0.05) is 7.11 Å². The predicted molar refractivity (Wildman–Crippen MR) is 77.6 cm³/mol. The lowest BCUT2D eigenvalue weighted by atomic mass is 9.86. The molecule has 1 unspecified atom stereocenters. The van der Waals surface area contributed by atoms with Crippen LogP contribution >= 0.6 is 0 Å². The van der Waals surface area contributed by atoms with E-state index in [0.29, 0.717) is 13.2 Å². The van der Waals surface area contributed by atoms with E-state index >= 15 is 0 Å². The van der Waals surface area contributed by atoms with Crippen LogP contribution in [0.2, 0.25) is 0 Å². The molecule has 1 rings (SSSR count). The van der Waals surface area contributed by atoms with Crippen LogP contribution in [0.4, 0.5) is 0 Å². The SMILES string of the molecule is COCCOc1ccccc1CCC(O)C(C)(C)C. The van der Waals surface area contributed by atoms with Crippen LogP contribution in [0.1, 0.15) is 32.8 Å². The monoisotopic (exact) mass is 266 g/mol. The Hall–Kier alpha value is -1.06. The molecule has 0 aromatic heterocycles. The van der Waals surface area contributed by atoms with Crippen molar-refractivity contribution in [3.63, 3.8) is 0 Å². The van der Waals surface area contributed by atoms with E-state index in [1.54, 1.807) is 7.11 Å². The van der Waals surface area contributed by atoms with Gasteiger partial charge in [-0.3, -0.25) is 0 Å². The van der Waals surface area contributed by atoms with Crippen molar-refractivity contribution < 1.29 is 14.6 Å². The van der Waals surface area contributed by atoms with Crippen LogP contribution in [0.25, 0.3) is 0 Å². The molecule has 1 atom stereocenters. The van der Waals surface area contributed by atoms with Gasteiger partial charge in [0.05, 0.1) is 12.7 Å². The Morgan fingerprint density at radius 3 is 2.47 bits per heavy atom. The zero-order chi connectivity index (χ0) is 14.3. The highest BCUT2D eigenvalue weighted by Crippen LogP contribution is 2.25. The third kappa shape index (κ3) is 5.62. The Balaban J connectivity index is 2.57. The Kier molecular flexibility index (Phi) is 6.32. The van der Waals surface area contributed by atoms with E-state index in [0.717, 1.165) is 24.2 Å². The van der Waals surface area contributed by atoms with Crippen molar-refractivity contribution in [3.05, 3.63) is 29.8 Å². The standard InChI is InChI=1S/C16H26O3/c1-16(2,3)15(17)10-9-13-7-5-6-8-14(13)19-12-11-18-4/h5-8,15,17H,9-12H2,1-4H3. The van der Waals surface area contributed by atoms with Crippen LogP contribution in [0.5, 0.6) is 5.75 Å². The Bertz CT molecular complexity index is 369. The van der Waals surface area contributed by atoms with Gasteiger partial charge in [0.15, 0.2) is 0 Å². The fourth-order valence-electron chi connectivity index (χ4n) is 1.81. The summed E-state index contributed by atoms with van der Waals surface area (Å²) in [5.74, 6) is 0.889. The van der Waals surface area contributed by atoms with Crippen molar-refractivity contribution in [2.45, 2.75) is 39.7 Å². The van der Waals surface area contributed by atoms with Gasteiger partial charge in [-0.05, 0) is 29.9 Å². The number of aliphatic hydroxyl groups is 1. The number of para-hydroxylation sites is 1. The minimum Gasteiger partial charge on any atom is -0.491 e. The van der Waals surface area contributed by atoms with Gasteiger partial charge in [-0.25, -0.2) is 0 Å². The summed E-state index contributed by atoms with van der Waals surface area (Å²) in [5.41, 5.74) is 1.06. The van der Waals surface area contributed by atoms with Crippen LogP contribution in [0.3, 0.4) is 0 Å². The molecule has 0 aliphatic heterocycles. The molecule has 0 saturated heterocycles. The summed E-state index contributed by atoms with van der Waals surface area (Å²) in [6.45, 7) is 7.30. The largest absolute Gasteiger partial charge is 0.491 e. The van der Waals surface area contributed by atoms with Gasteiger partial charge < -0.3 is 14.6 Å². The molecule has 0 radical (unpaired) electrons. The molecule has 0 amide bonds. The maximum absolute atomic E-state index is 10.1. The topological polar surface area (TPSA) is 38.7 Å². The highest BCUT2D eigenvalue weighted by molar-refractivity contribution is 5.33. The number of hydrogen-bond acceptors (Lipinski definition) is 3. The number of hydrogen-bond donors (Lipinski definition) is 1. The van der Waals surface area contributed by atoms with Crippen molar-refractivity contribution >= 4 is 0 Å². The molecular formula is C16H26O3. The third-order valence-corrected chi connectivity index (χ3v) is 3.20. The number of methoxy groups -OCH3 is 1. The maximum Gasteiger partial charge on any atom is 0.122 e. The number of aliphatic hydroxyl groups excluding tert-OH is 1. The average Bonchev–Trinajstić information content (AvgIpc) is 2.36. The predicted octanol–water partition coefficient (Wildman–Crippen LogP) is 3.05. The Labute approximate surface area is 116 Å². The summed E-state index contributed by atoms with van der Waals surface area (Å²) in [5, 5.41) is 10.1. The highest BCUT2D eigenvalue weighted by atomic mass is 16.5. The lowest BCUT2D eigenvalue weighted by Gasteiger charge is -2.26. The van der Waals surface area contributed by atoms with E-state index in [-0.39, 0.29) is 11.5 Å². The Morgan fingerprint density at radius 1 is 1.16 bits per heavy atom. The normalized spacial score (nSPS) is 13.3. The molecule has 0 bridgehead atoms. The van der Waals surface area contributed by atoms with E-state index in [2.05, 4.69) is 26.8 Å². The molecule has 1 aromatic carbocycles. The summed E-state index contributed by atoms with van der Waals surface area (Å²) >= 11 is 0. The summed E-state index contributed by atoms with van der Waals surface area (Å²) in [4.78, 5) is 0. The van der Waals surface area contributed by atoms with E-state index in [4.69, 9.17) is 9.47 Å². The zero-order valence-corrected chi connectivity index (χ0v) is 12.5. The molecule has 0 spiro atoms. The van der Waals surface area contributed by atoms with Crippen molar-refractivity contribution in [1.29, 1.82) is 0 Å². The lowest BCUT2D eigenvalue weighted by Crippen LogP contribution is -2.26. The number of rotatable bonds is 7. The quantitative estimate of drug-likeness (QED) is 0.771. The minimum absolute atomic E-state index is 0.0775. The lowest BCUT2D eigenvalue weighted by molar-refractivity contribution is 0.0558. The second-order valence-corrected chi connectivity index (χ2v) is 5.87. The van der Waals surface area contributed by atoms with E-state index < -0.39 is 0 Å². The van der Waals surface area contributed by atoms with Gasteiger partial charge in [0.25, 0.3) is 0 Å².